The summed E-state index contributed by atoms with van der Waals surface area (Å²) in [5.41, 5.74) is 5.15. The van der Waals surface area contributed by atoms with Crippen LogP contribution in [0.2, 0.25) is 0 Å². The molecule has 28 heavy (non-hydrogen) atoms. The molecule has 5 fully saturated rings. The molecule has 6 rings (SSSR count). The van der Waals surface area contributed by atoms with Crippen LogP contribution in [0, 0.1) is 34.8 Å². The lowest BCUT2D eigenvalue weighted by Gasteiger charge is -2.60. The predicted molar refractivity (Wildman–Crippen MR) is 97.9 cm³/mol. The Morgan fingerprint density at radius 1 is 1.18 bits per heavy atom. The molecule has 1 aliphatic heterocycles. The molecule has 5 aliphatic rings. The van der Waals surface area contributed by atoms with Crippen molar-refractivity contribution >= 4 is 11.9 Å². The maximum absolute atomic E-state index is 13.8. The van der Waals surface area contributed by atoms with Gasteiger partial charge in [0, 0.05) is 18.0 Å². The molecule has 1 heterocycles. The van der Waals surface area contributed by atoms with Gasteiger partial charge in [0.1, 0.15) is 0 Å². The number of halogens is 2. The highest BCUT2D eigenvalue weighted by Crippen LogP contribution is 2.61. The monoisotopic (exact) mass is 389 g/mol. The fourth-order valence-electron chi connectivity index (χ4n) is 6.81. The molecule has 4 bridgehead atoms. The number of urea groups is 1. The summed E-state index contributed by atoms with van der Waals surface area (Å²) in [6.07, 6.45) is 4.46. The lowest BCUT2D eigenvalue weighted by atomic mass is 9.47. The fraction of sp³-hybridized carbons (Fsp3) is 0.619. The Bertz CT molecular complexity index is 859. The van der Waals surface area contributed by atoms with E-state index in [1.165, 1.54) is 6.07 Å². The van der Waals surface area contributed by atoms with E-state index in [-0.39, 0.29) is 29.8 Å². The van der Waals surface area contributed by atoms with Gasteiger partial charge in [0.05, 0.1) is 5.54 Å². The van der Waals surface area contributed by atoms with E-state index >= 15 is 0 Å². The average molecular weight is 389 g/mol. The molecule has 5 nitrogen and oxygen atoms in total. The molecule has 3 N–H and O–H groups in total. The van der Waals surface area contributed by atoms with E-state index in [0.717, 1.165) is 44.2 Å². The zero-order valence-corrected chi connectivity index (χ0v) is 15.9. The summed E-state index contributed by atoms with van der Waals surface area (Å²) in [6, 6.07) is 3.71. The van der Waals surface area contributed by atoms with Crippen LogP contribution in [0.5, 0.6) is 0 Å². The minimum atomic E-state index is -0.913. The van der Waals surface area contributed by atoms with Gasteiger partial charge in [-0.05, 0) is 74.5 Å². The van der Waals surface area contributed by atoms with Gasteiger partial charge in [-0.15, -0.1) is 0 Å². The Morgan fingerprint density at radius 2 is 1.86 bits per heavy atom. The highest BCUT2D eigenvalue weighted by atomic mass is 19.2. The lowest BCUT2D eigenvalue weighted by molar-refractivity contribution is -0.150. The number of hydrogen-bond acceptors (Lipinski definition) is 2. The second kappa shape index (κ2) is 5.67. The van der Waals surface area contributed by atoms with E-state index in [2.05, 4.69) is 5.32 Å². The molecule has 3 atom stereocenters. The summed E-state index contributed by atoms with van der Waals surface area (Å²) in [6.45, 7) is 2.25. The van der Waals surface area contributed by atoms with Crippen LogP contribution in [0.15, 0.2) is 18.2 Å². The Kier molecular flexibility index (Phi) is 3.62. The van der Waals surface area contributed by atoms with Crippen molar-refractivity contribution in [2.75, 3.05) is 6.54 Å². The highest BCUT2D eigenvalue weighted by molar-refractivity contribution is 5.82. The molecule has 4 saturated carbocycles. The van der Waals surface area contributed by atoms with Gasteiger partial charge in [-0.1, -0.05) is 6.07 Å². The van der Waals surface area contributed by atoms with E-state index in [1.807, 2.05) is 11.8 Å². The maximum Gasteiger partial charge on any atom is 0.318 e. The molecule has 7 heteroatoms. The molecule has 0 spiro atoms. The van der Waals surface area contributed by atoms with Crippen molar-refractivity contribution in [3.63, 3.8) is 0 Å². The number of nitrogens with zero attached hydrogens (tertiary/aromatic N) is 1. The zero-order valence-electron chi connectivity index (χ0n) is 15.9. The zero-order chi connectivity index (χ0) is 19.8. The predicted octanol–water partition coefficient (Wildman–Crippen LogP) is 2.89. The lowest BCUT2D eigenvalue weighted by Crippen LogP contribution is -2.62. The number of primary amides is 1. The number of amides is 3. The number of nitrogens with two attached hydrogens (primary N) is 1. The molecule has 1 aromatic rings. The number of benzene rings is 1. The van der Waals surface area contributed by atoms with Crippen LogP contribution in [0.4, 0.5) is 13.6 Å². The first-order valence-electron chi connectivity index (χ1n) is 10.0. The van der Waals surface area contributed by atoms with Crippen LogP contribution in [0.25, 0.3) is 0 Å². The van der Waals surface area contributed by atoms with Crippen LogP contribution >= 0.6 is 0 Å². The van der Waals surface area contributed by atoms with Gasteiger partial charge in [-0.25, -0.2) is 13.6 Å². The van der Waals surface area contributed by atoms with E-state index in [1.54, 1.807) is 0 Å². The van der Waals surface area contributed by atoms with Gasteiger partial charge >= 0.3 is 6.03 Å². The second-order valence-corrected chi connectivity index (χ2v) is 9.62. The number of rotatable bonds is 3. The van der Waals surface area contributed by atoms with Crippen molar-refractivity contribution in [1.29, 1.82) is 0 Å². The van der Waals surface area contributed by atoms with Crippen molar-refractivity contribution < 1.29 is 18.4 Å². The third kappa shape index (κ3) is 2.40. The van der Waals surface area contributed by atoms with Crippen molar-refractivity contribution in [2.24, 2.45) is 28.9 Å². The minimum Gasteiger partial charge on any atom is -0.369 e. The molecule has 1 aromatic carbocycles. The van der Waals surface area contributed by atoms with Crippen LogP contribution < -0.4 is 11.1 Å². The number of nitrogens with one attached hydrogen (secondary N) is 1. The summed E-state index contributed by atoms with van der Waals surface area (Å²) < 4.78 is 27.1. The second-order valence-electron chi connectivity index (χ2n) is 9.62. The first-order valence-corrected chi connectivity index (χ1v) is 10.0. The van der Waals surface area contributed by atoms with Crippen molar-refractivity contribution in [3.05, 3.63) is 35.4 Å². The SMILES string of the molecule is C[C@@]1(c2ccc(F)c(F)c2)CN(C2C3CC4CC2CC(C(N)=O)(C4)C3)C(=O)N1. The summed E-state index contributed by atoms with van der Waals surface area (Å²) in [5.74, 6) is -0.934. The molecule has 1 saturated heterocycles. The Balaban J connectivity index is 1.43. The molecule has 4 aliphatic carbocycles. The third-order valence-corrected chi connectivity index (χ3v) is 7.79. The minimum absolute atomic E-state index is 0.0798. The Labute approximate surface area is 162 Å². The van der Waals surface area contributed by atoms with Crippen LogP contribution in [-0.4, -0.2) is 29.4 Å². The first kappa shape index (κ1) is 17.9. The van der Waals surface area contributed by atoms with Gasteiger partial charge < -0.3 is 16.0 Å². The van der Waals surface area contributed by atoms with Crippen molar-refractivity contribution in [3.8, 4) is 0 Å². The fourth-order valence-corrected chi connectivity index (χ4v) is 6.81. The van der Waals surface area contributed by atoms with Gasteiger partial charge in [-0.2, -0.15) is 0 Å². The highest BCUT2D eigenvalue weighted by Gasteiger charge is 2.60. The van der Waals surface area contributed by atoms with Crippen LogP contribution in [-0.2, 0) is 10.3 Å². The summed E-state index contributed by atoms with van der Waals surface area (Å²) >= 11 is 0. The van der Waals surface area contributed by atoms with Gasteiger partial charge in [0.25, 0.3) is 0 Å². The summed E-state index contributed by atoms with van der Waals surface area (Å²) in [7, 11) is 0. The van der Waals surface area contributed by atoms with Gasteiger partial charge in [0.15, 0.2) is 11.6 Å². The summed E-state index contributed by atoms with van der Waals surface area (Å²) in [5, 5.41) is 2.99. The van der Waals surface area contributed by atoms with Gasteiger partial charge in [-0.3, -0.25) is 4.79 Å². The molecular formula is C21H25F2N3O2. The van der Waals surface area contributed by atoms with E-state index in [0.29, 0.717) is 18.0 Å². The smallest absolute Gasteiger partial charge is 0.318 e. The van der Waals surface area contributed by atoms with E-state index in [4.69, 9.17) is 5.73 Å². The number of carbonyl (C=O) groups is 2. The molecule has 3 amide bonds. The normalized spacial score (nSPS) is 41.4. The quantitative estimate of drug-likeness (QED) is 0.834. The Hall–Kier alpha value is -2.18. The van der Waals surface area contributed by atoms with Gasteiger partial charge in [0.2, 0.25) is 5.91 Å². The standard InChI is InChI=1S/C21H25F2N3O2/c1-20(14-2-3-15(22)16(23)6-14)10-26(19(28)25-20)17-12-4-11-5-13(17)9-21(7-11,8-12)18(24)27/h2-3,6,11-13,17H,4-5,7-10H2,1H3,(H2,24,27)(H,25,28)/t11?,12?,13?,17?,20-,21?/m0/s1. The number of carbonyl (C=O) groups excluding carboxylic acids is 2. The first-order chi connectivity index (χ1) is 13.2. The van der Waals surface area contributed by atoms with Crippen molar-refractivity contribution in [1.82, 2.24) is 10.2 Å². The van der Waals surface area contributed by atoms with E-state index < -0.39 is 22.6 Å². The molecule has 0 aromatic heterocycles. The van der Waals surface area contributed by atoms with E-state index in [9.17, 15) is 18.4 Å². The van der Waals surface area contributed by atoms with Crippen molar-refractivity contribution in [2.45, 2.75) is 50.6 Å². The number of hydrogen-bond donors (Lipinski definition) is 2. The average Bonchev–Trinajstić information content (AvgIpc) is 2.92. The topological polar surface area (TPSA) is 75.4 Å². The van der Waals surface area contributed by atoms with Crippen LogP contribution in [0.3, 0.4) is 0 Å². The molecule has 0 radical (unpaired) electrons. The maximum atomic E-state index is 13.8. The largest absolute Gasteiger partial charge is 0.369 e. The molecule has 2 unspecified atom stereocenters. The molecule has 150 valence electrons. The summed E-state index contributed by atoms with van der Waals surface area (Å²) in [4.78, 5) is 26.9. The third-order valence-electron chi connectivity index (χ3n) is 7.79. The van der Waals surface area contributed by atoms with Crippen LogP contribution in [0.1, 0.15) is 44.6 Å². The Morgan fingerprint density at radius 3 is 2.46 bits per heavy atom. The molecular weight excluding hydrogens is 364 g/mol.